The van der Waals surface area contributed by atoms with E-state index in [0.29, 0.717) is 5.92 Å². The minimum atomic E-state index is 0.238. The molecule has 2 atom stereocenters. The molecule has 1 heterocycles. The molecule has 0 amide bonds. The fourth-order valence-electron chi connectivity index (χ4n) is 1.36. The van der Waals surface area contributed by atoms with Crippen molar-refractivity contribution in [1.82, 2.24) is 5.43 Å². The molecule has 11 heavy (non-hydrogen) atoms. The van der Waals surface area contributed by atoms with E-state index in [0.717, 1.165) is 26.1 Å². The lowest BCUT2D eigenvalue weighted by Crippen LogP contribution is -2.35. The molecule has 3 heteroatoms. The SMILES string of the molecule is C=CC(CC1CCOC1)NN. The van der Waals surface area contributed by atoms with Crippen LogP contribution in [0.5, 0.6) is 0 Å². The Labute approximate surface area is 67.6 Å². The fourth-order valence-corrected chi connectivity index (χ4v) is 1.36. The second-order valence-corrected chi connectivity index (χ2v) is 2.97. The predicted molar refractivity (Wildman–Crippen MR) is 44.9 cm³/mol. The first-order chi connectivity index (χ1) is 5.36. The van der Waals surface area contributed by atoms with Gasteiger partial charge in [-0.15, -0.1) is 6.58 Å². The standard InChI is InChI=1S/C8H16N2O/c1-2-8(10-9)5-7-3-4-11-6-7/h2,7-8,10H,1,3-6,9H2. The Hall–Kier alpha value is -0.380. The molecule has 1 saturated heterocycles. The minimum Gasteiger partial charge on any atom is -0.381 e. The number of hydrazine groups is 1. The van der Waals surface area contributed by atoms with Crippen molar-refractivity contribution in [3.63, 3.8) is 0 Å². The molecule has 1 aliphatic rings. The number of hydrogen-bond acceptors (Lipinski definition) is 3. The first-order valence-corrected chi connectivity index (χ1v) is 4.03. The van der Waals surface area contributed by atoms with Gasteiger partial charge in [0, 0.05) is 19.3 Å². The molecule has 2 unspecified atom stereocenters. The van der Waals surface area contributed by atoms with Gasteiger partial charge in [-0.1, -0.05) is 6.08 Å². The zero-order valence-electron chi connectivity index (χ0n) is 6.75. The first kappa shape index (κ1) is 8.71. The van der Waals surface area contributed by atoms with Gasteiger partial charge < -0.3 is 4.74 Å². The number of hydrogen-bond donors (Lipinski definition) is 2. The van der Waals surface area contributed by atoms with Crippen LogP contribution in [0.15, 0.2) is 12.7 Å². The van der Waals surface area contributed by atoms with Crippen molar-refractivity contribution in [2.75, 3.05) is 13.2 Å². The van der Waals surface area contributed by atoms with Gasteiger partial charge in [0.2, 0.25) is 0 Å². The Kier molecular flexibility index (Phi) is 3.56. The summed E-state index contributed by atoms with van der Waals surface area (Å²) in [7, 11) is 0. The summed E-state index contributed by atoms with van der Waals surface area (Å²) in [5.74, 6) is 5.96. The molecule has 1 rings (SSSR count). The van der Waals surface area contributed by atoms with Crippen LogP contribution >= 0.6 is 0 Å². The smallest absolute Gasteiger partial charge is 0.0495 e. The number of nitrogens with two attached hydrogens (primary N) is 1. The van der Waals surface area contributed by atoms with Gasteiger partial charge in [-0.2, -0.15) is 0 Å². The highest BCUT2D eigenvalue weighted by Crippen LogP contribution is 2.17. The highest BCUT2D eigenvalue weighted by Gasteiger charge is 2.18. The van der Waals surface area contributed by atoms with Crippen LogP contribution in [0.4, 0.5) is 0 Å². The van der Waals surface area contributed by atoms with E-state index in [1.807, 2.05) is 6.08 Å². The van der Waals surface area contributed by atoms with Gasteiger partial charge in [0.15, 0.2) is 0 Å². The molecule has 1 fully saturated rings. The summed E-state index contributed by atoms with van der Waals surface area (Å²) in [5.41, 5.74) is 2.70. The maximum atomic E-state index is 5.30. The lowest BCUT2D eigenvalue weighted by molar-refractivity contribution is 0.182. The third-order valence-electron chi connectivity index (χ3n) is 2.11. The summed E-state index contributed by atoms with van der Waals surface area (Å²) in [6.45, 7) is 5.47. The number of nitrogens with one attached hydrogen (secondary N) is 1. The van der Waals surface area contributed by atoms with Gasteiger partial charge in [0.1, 0.15) is 0 Å². The molecule has 1 aliphatic heterocycles. The van der Waals surface area contributed by atoms with E-state index < -0.39 is 0 Å². The Morgan fingerprint density at radius 1 is 1.82 bits per heavy atom. The van der Waals surface area contributed by atoms with Gasteiger partial charge in [0.05, 0.1) is 0 Å². The van der Waals surface area contributed by atoms with E-state index in [1.54, 1.807) is 0 Å². The molecule has 0 spiro atoms. The van der Waals surface area contributed by atoms with Gasteiger partial charge >= 0.3 is 0 Å². The van der Waals surface area contributed by atoms with Crippen LogP contribution in [-0.2, 0) is 4.74 Å². The molecule has 3 N–H and O–H groups in total. The number of ether oxygens (including phenoxy) is 1. The van der Waals surface area contributed by atoms with E-state index in [1.165, 1.54) is 0 Å². The molecule has 64 valence electrons. The normalized spacial score (nSPS) is 26.8. The van der Waals surface area contributed by atoms with Crippen LogP contribution in [0.1, 0.15) is 12.8 Å². The van der Waals surface area contributed by atoms with Crippen molar-refractivity contribution >= 4 is 0 Å². The monoisotopic (exact) mass is 156 g/mol. The molecule has 0 aromatic heterocycles. The largest absolute Gasteiger partial charge is 0.381 e. The Morgan fingerprint density at radius 3 is 3.09 bits per heavy atom. The fraction of sp³-hybridized carbons (Fsp3) is 0.750. The van der Waals surface area contributed by atoms with Crippen molar-refractivity contribution in [1.29, 1.82) is 0 Å². The Morgan fingerprint density at radius 2 is 2.64 bits per heavy atom. The quantitative estimate of drug-likeness (QED) is 0.352. The van der Waals surface area contributed by atoms with E-state index in [9.17, 15) is 0 Å². The highest BCUT2D eigenvalue weighted by atomic mass is 16.5. The minimum absolute atomic E-state index is 0.238. The van der Waals surface area contributed by atoms with Crippen LogP contribution in [0.3, 0.4) is 0 Å². The first-order valence-electron chi connectivity index (χ1n) is 4.03. The van der Waals surface area contributed by atoms with Crippen LogP contribution in [0, 0.1) is 5.92 Å². The molecule has 0 radical (unpaired) electrons. The highest BCUT2D eigenvalue weighted by molar-refractivity contribution is 4.86. The average molecular weight is 156 g/mol. The maximum Gasteiger partial charge on any atom is 0.0495 e. The van der Waals surface area contributed by atoms with Gasteiger partial charge in [-0.05, 0) is 18.8 Å². The molecule has 3 nitrogen and oxygen atoms in total. The number of rotatable bonds is 4. The van der Waals surface area contributed by atoms with Crippen molar-refractivity contribution in [2.45, 2.75) is 18.9 Å². The molecule has 0 bridgehead atoms. The van der Waals surface area contributed by atoms with Gasteiger partial charge in [0.25, 0.3) is 0 Å². The third-order valence-corrected chi connectivity index (χ3v) is 2.11. The lowest BCUT2D eigenvalue weighted by atomic mass is 10.00. The van der Waals surface area contributed by atoms with Crippen molar-refractivity contribution < 1.29 is 4.74 Å². The van der Waals surface area contributed by atoms with Crippen molar-refractivity contribution in [3.8, 4) is 0 Å². The molecular formula is C8H16N2O. The van der Waals surface area contributed by atoms with Crippen LogP contribution < -0.4 is 11.3 Å². The summed E-state index contributed by atoms with van der Waals surface area (Å²) in [5, 5.41) is 0. The predicted octanol–water partition coefficient (Wildman–Crippen LogP) is 0.431. The lowest BCUT2D eigenvalue weighted by Gasteiger charge is -2.14. The second-order valence-electron chi connectivity index (χ2n) is 2.97. The topological polar surface area (TPSA) is 47.3 Å². The maximum absolute atomic E-state index is 5.30. The van der Waals surface area contributed by atoms with Crippen LogP contribution in [-0.4, -0.2) is 19.3 Å². The summed E-state index contributed by atoms with van der Waals surface area (Å²) < 4.78 is 5.24. The molecular weight excluding hydrogens is 140 g/mol. The van der Waals surface area contributed by atoms with E-state index >= 15 is 0 Å². The summed E-state index contributed by atoms with van der Waals surface area (Å²) in [6, 6.07) is 0.238. The Bertz CT molecular complexity index is 121. The van der Waals surface area contributed by atoms with E-state index in [2.05, 4.69) is 12.0 Å². The molecule has 0 aromatic carbocycles. The average Bonchev–Trinajstić information content (AvgIpc) is 2.52. The molecule has 0 aromatic rings. The summed E-state index contributed by atoms with van der Waals surface area (Å²) in [4.78, 5) is 0. The molecule has 0 aliphatic carbocycles. The van der Waals surface area contributed by atoms with Crippen molar-refractivity contribution in [2.24, 2.45) is 11.8 Å². The second kappa shape index (κ2) is 4.49. The van der Waals surface area contributed by atoms with Crippen LogP contribution in [0.25, 0.3) is 0 Å². The zero-order chi connectivity index (χ0) is 8.10. The zero-order valence-corrected chi connectivity index (χ0v) is 6.75. The summed E-state index contributed by atoms with van der Waals surface area (Å²) in [6.07, 6.45) is 4.05. The molecule has 0 saturated carbocycles. The van der Waals surface area contributed by atoms with E-state index in [-0.39, 0.29) is 6.04 Å². The van der Waals surface area contributed by atoms with E-state index in [4.69, 9.17) is 10.6 Å². The Balaban J connectivity index is 2.21. The van der Waals surface area contributed by atoms with Gasteiger partial charge in [-0.3, -0.25) is 11.3 Å². The van der Waals surface area contributed by atoms with Gasteiger partial charge in [-0.25, -0.2) is 0 Å². The summed E-state index contributed by atoms with van der Waals surface area (Å²) >= 11 is 0. The van der Waals surface area contributed by atoms with Crippen LogP contribution in [0.2, 0.25) is 0 Å². The third kappa shape index (κ3) is 2.61. The van der Waals surface area contributed by atoms with Crippen molar-refractivity contribution in [3.05, 3.63) is 12.7 Å².